The first kappa shape index (κ1) is 19.9. The Labute approximate surface area is 178 Å². The van der Waals surface area contributed by atoms with Gasteiger partial charge in [-0.1, -0.05) is 0 Å². The van der Waals surface area contributed by atoms with Crippen molar-refractivity contribution in [2.45, 2.75) is 19.4 Å². The number of benzene rings is 2. The molecule has 1 aliphatic heterocycles. The summed E-state index contributed by atoms with van der Waals surface area (Å²) in [5, 5.41) is 4.87. The van der Waals surface area contributed by atoms with E-state index in [1.54, 1.807) is 41.9 Å². The maximum Gasteiger partial charge on any atom is 0.255 e. The number of nitrogens with zero attached hydrogens (tertiary/aromatic N) is 2. The van der Waals surface area contributed by atoms with Gasteiger partial charge in [0, 0.05) is 29.6 Å². The fraction of sp³-hybridized carbons (Fsp3) is 0.227. The van der Waals surface area contributed by atoms with Crippen molar-refractivity contribution in [2.75, 3.05) is 23.3 Å². The molecule has 2 heterocycles. The van der Waals surface area contributed by atoms with E-state index in [4.69, 9.17) is 10.5 Å². The molecule has 0 unspecified atom stereocenters. The Hall–Kier alpha value is -3.39. The van der Waals surface area contributed by atoms with Gasteiger partial charge in [-0.3, -0.25) is 9.59 Å². The van der Waals surface area contributed by atoms with E-state index >= 15 is 0 Å². The highest BCUT2D eigenvalue weighted by Crippen LogP contribution is 2.30. The van der Waals surface area contributed by atoms with Crippen LogP contribution in [0.3, 0.4) is 0 Å². The van der Waals surface area contributed by atoms with Crippen molar-refractivity contribution in [3.8, 4) is 5.75 Å². The monoisotopic (exact) mass is 422 g/mol. The standard InChI is InChI=1S/C22H22N4O3S/c23-21(27)16-5-8-20(26-9-1-2-10-26)19(11-16)25-22(28)15-3-6-18(7-4-15)29-12-17-13-30-14-24-17/h3-8,11,13-14H,1-2,9-10,12H2,(H2,23,27)(H,25,28). The van der Waals surface area contributed by atoms with Crippen LogP contribution in [-0.4, -0.2) is 29.9 Å². The van der Waals surface area contributed by atoms with Crippen LogP contribution in [0.25, 0.3) is 0 Å². The van der Waals surface area contributed by atoms with Crippen LogP contribution in [0.5, 0.6) is 5.75 Å². The zero-order valence-corrected chi connectivity index (χ0v) is 17.2. The fourth-order valence-corrected chi connectivity index (χ4v) is 3.93. The average molecular weight is 423 g/mol. The number of primary amides is 1. The second-order valence-corrected chi connectivity index (χ2v) is 7.76. The van der Waals surface area contributed by atoms with E-state index in [2.05, 4.69) is 15.2 Å². The third-order valence-electron chi connectivity index (χ3n) is 4.96. The van der Waals surface area contributed by atoms with Crippen molar-refractivity contribution >= 4 is 34.5 Å². The van der Waals surface area contributed by atoms with Crippen LogP contribution in [0.1, 0.15) is 39.3 Å². The lowest BCUT2D eigenvalue weighted by Crippen LogP contribution is -2.22. The molecule has 8 heteroatoms. The van der Waals surface area contributed by atoms with E-state index in [1.807, 2.05) is 11.4 Å². The zero-order chi connectivity index (χ0) is 20.9. The average Bonchev–Trinajstić information content (AvgIpc) is 3.47. The predicted molar refractivity (Wildman–Crippen MR) is 117 cm³/mol. The van der Waals surface area contributed by atoms with Gasteiger partial charge in [0.2, 0.25) is 5.91 Å². The lowest BCUT2D eigenvalue weighted by atomic mass is 10.1. The highest BCUT2D eigenvalue weighted by Gasteiger charge is 2.19. The summed E-state index contributed by atoms with van der Waals surface area (Å²) in [5.41, 5.74) is 10.4. The number of carbonyl (C=O) groups is 2. The van der Waals surface area contributed by atoms with Gasteiger partial charge in [0.05, 0.1) is 22.6 Å². The molecule has 0 atom stereocenters. The van der Waals surface area contributed by atoms with Crippen LogP contribution in [0.4, 0.5) is 11.4 Å². The highest BCUT2D eigenvalue weighted by atomic mass is 32.1. The normalized spacial score (nSPS) is 13.3. The molecule has 2 aromatic carbocycles. The van der Waals surface area contributed by atoms with Gasteiger partial charge >= 0.3 is 0 Å². The van der Waals surface area contributed by atoms with Crippen molar-refractivity contribution < 1.29 is 14.3 Å². The second kappa shape index (κ2) is 8.96. The summed E-state index contributed by atoms with van der Waals surface area (Å²) in [4.78, 5) is 30.8. The minimum Gasteiger partial charge on any atom is -0.487 e. The quantitative estimate of drug-likeness (QED) is 0.605. The number of rotatable bonds is 7. The lowest BCUT2D eigenvalue weighted by Gasteiger charge is -2.22. The Kier molecular flexibility index (Phi) is 5.94. The van der Waals surface area contributed by atoms with E-state index in [0.29, 0.717) is 29.2 Å². The number of nitrogens with one attached hydrogen (secondary N) is 1. The van der Waals surface area contributed by atoms with E-state index < -0.39 is 5.91 Å². The maximum atomic E-state index is 12.8. The molecular formula is C22H22N4O3S. The van der Waals surface area contributed by atoms with Crippen LogP contribution in [-0.2, 0) is 6.61 Å². The second-order valence-electron chi connectivity index (χ2n) is 7.04. The SMILES string of the molecule is NC(=O)c1ccc(N2CCCC2)c(NC(=O)c2ccc(OCc3cscn3)cc2)c1. The number of amides is 2. The minimum absolute atomic E-state index is 0.261. The molecule has 1 saturated heterocycles. The van der Waals surface area contributed by atoms with E-state index in [9.17, 15) is 9.59 Å². The van der Waals surface area contributed by atoms with Gasteiger partial charge in [-0.15, -0.1) is 11.3 Å². The summed E-state index contributed by atoms with van der Waals surface area (Å²) in [7, 11) is 0. The first-order chi connectivity index (χ1) is 14.6. The Bertz CT molecular complexity index is 1030. The summed E-state index contributed by atoms with van der Waals surface area (Å²) in [5.74, 6) is -0.128. The number of nitrogens with two attached hydrogens (primary N) is 1. The third kappa shape index (κ3) is 4.60. The molecule has 2 amide bonds. The number of aromatic nitrogens is 1. The van der Waals surface area contributed by atoms with Crippen LogP contribution >= 0.6 is 11.3 Å². The summed E-state index contributed by atoms with van der Waals surface area (Å²) in [6.07, 6.45) is 2.21. The molecule has 3 aromatic rings. The molecule has 154 valence electrons. The van der Waals surface area contributed by atoms with Gasteiger partial charge in [0.15, 0.2) is 0 Å². The van der Waals surface area contributed by atoms with Crippen LogP contribution in [0.15, 0.2) is 53.4 Å². The third-order valence-corrected chi connectivity index (χ3v) is 5.60. The number of anilines is 2. The van der Waals surface area contributed by atoms with Crippen LogP contribution in [0, 0.1) is 0 Å². The van der Waals surface area contributed by atoms with Crippen molar-refractivity contribution in [1.82, 2.24) is 4.98 Å². The molecule has 1 aliphatic rings. The van der Waals surface area contributed by atoms with E-state index in [1.165, 1.54) is 11.3 Å². The minimum atomic E-state index is -0.528. The molecule has 7 nitrogen and oxygen atoms in total. The number of hydrogen-bond acceptors (Lipinski definition) is 6. The van der Waals surface area contributed by atoms with Gasteiger partial charge in [-0.2, -0.15) is 0 Å². The van der Waals surface area contributed by atoms with Gasteiger partial charge in [-0.05, 0) is 55.3 Å². The molecule has 0 saturated carbocycles. The molecule has 0 spiro atoms. The molecule has 1 fully saturated rings. The lowest BCUT2D eigenvalue weighted by molar-refractivity contribution is 0.0996. The van der Waals surface area contributed by atoms with Crippen LogP contribution in [0.2, 0.25) is 0 Å². The fourth-order valence-electron chi connectivity index (χ4n) is 3.39. The molecule has 3 N–H and O–H groups in total. The van der Waals surface area contributed by atoms with Crippen molar-refractivity contribution in [1.29, 1.82) is 0 Å². The predicted octanol–water partition coefficient (Wildman–Crippen LogP) is 3.67. The number of hydrogen-bond donors (Lipinski definition) is 2. The topological polar surface area (TPSA) is 97.6 Å². The van der Waals surface area contributed by atoms with E-state index in [0.717, 1.165) is 37.3 Å². The highest BCUT2D eigenvalue weighted by molar-refractivity contribution is 7.07. The number of carbonyl (C=O) groups excluding carboxylic acids is 2. The van der Waals surface area contributed by atoms with E-state index in [-0.39, 0.29) is 5.91 Å². The maximum absolute atomic E-state index is 12.8. The van der Waals surface area contributed by atoms with Gasteiger partial charge in [-0.25, -0.2) is 4.98 Å². The van der Waals surface area contributed by atoms with Gasteiger partial charge in [0.1, 0.15) is 12.4 Å². The molecule has 0 aliphatic carbocycles. The smallest absolute Gasteiger partial charge is 0.255 e. The zero-order valence-electron chi connectivity index (χ0n) is 16.3. The summed E-state index contributed by atoms with van der Waals surface area (Å²) < 4.78 is 5.69. The number of ether oxygens (including phenoxy) is 1. The summed E-state index contributed by atoms with van der Waals surface area (Å²) in [6, 6.07) is 12.1. The Morgan fingerprint density at radius 2 is 1.83 bits per heavy atom. The first-order valence-electron chi connectivity index (χ1n) is 9.70. The van der Waals surface area contributed by atoms with Crippen molar-refractivity contribution in [3.05, 3.63) is 70.2 Å². The largest absolute Gasteiger partial charge is 0.487 e. The summed E-state index contributed by atoms with van der Waals surface area (Å²) >= 11 is 1.52. The molecule has 4 rings (SSSR count). The molecular weight excluding hydrogens is 400 g/mol. The molecule has 1 aromatic heterocycles. The Morgan fingerprint density at radius 1 is 1.10 bits per heavy atom. The van der Waals surface area contributed by atoms with Crippen molar-refractivity contribution in [2.24, 2.45) is 5.73 Å². The van der Waals surface area contributed by atoms with Gasteiger partial charge < -0.3 is 20.7 Å². The molecule has 0 bridgehead atoms. The van der Waals surface area contributed by atoms with Gasteiger partial charge in [0.25, 0.3) is 5.91 Å². The molecule has 0 radical (unpaired) electrons. The number of thiazole rings is 1. The molecule has 30 heavy (non-hydrogen) atoms. The Morgan fingerprint density at radius 3 is 2.50 bits per heavy atom. The summed E-state index contributed by atoms with van der Waals surface area (Å²) in [6.45, 7) is 2.22. The Balaban J connectivity index is 1.48. The van der Waals surface area contributed by atoms with Crippen LogP contribution < -0.4 is 20.7 Å². The van der Waals surface area contributed by atoms with Crippen molar-refractivity contribution in [3.63, 3.8) is 0 Å². The first-order valence-corrected chi connectivity index (χ1v) is 10.6.